The summed E-state index contributed by atoms with van der Waals surface area (Å²) in [5, 5.41) is 18.6. The number of aliphatic carboxylic acids is 1. The van der Waals surface area contributed by atoms with Gasteiger partial charge in [0.25, 0.3) is 0 Å². The van der Waals surface area contributed by atoms with Crippen LogP contribution in [0.3, 0.4) is 0 Å². The number of carboxylic acid groups (broad SMARTS) is 1. The van der Waals surface area contributed by atoms with Crippen LogP contribution in [0, 0.1) is 0 Å². The monoisotopic (exact) mass is 399 g/mol. The Morgan fingerprint density at radius 1 is 1.03 bits per heavy atom. The molecule has 154 valence electrons. The molecular weight excluding hydrogens is 374 g/mol. The minimum absolute atomic E-state index is 0.0116. The number of carbonyl (C=O) groups is 2. The number of likely N-dealkylation sites (N-methyl/N-ethyl adjacent to an activating group) is 1. The van der Waals surface area contributed by atoms with Crippen LogP contribution in [0.2, 0.25) is 0 Å². The van der Waals surface area contributed by atoms with Gasteiger partial charge in [-0.3, -0.25) is 4.90 Å². The van der Waals surface area contributed by atoms with Gasteiger partial charge < -0.3 is 19.7 Å². The van der Waals surface area contributed by atoms with Crippen LogP contribution in [-0.4, -0.2) is 66.2 Å². The van der Waals surface area contributed by atoms with E-state index in [0.717, 1.165) is 27.2 Å². The van der Waals surface area contributed by atoms with E-state index in [4.69, 9.17) is 9.47 Å². The van der Waals surface area contributed by atoms with Crippen molar-refractivity contribution >= 4 is 12.1 Å². The fraction of sp³-hybridized carbons (Fsp3) is 0.364. The number of aliphatic hydroxyl groups is 1. The van der Waals surface area contributed by atoms with Crippen molar-refractivity contribution in [3.8, 4) is 11.1 Å². The van der Waals surface area contributed by atoms with E-state index >= 15 is 0 Å². The van der Waals surface area contributed by atoms with E-state index in [1.54, 1.807) is 0 Å². The van der Waals surface area contributed by atoms with Crippen molar-refractivity contribution in [1.29, 1.82) is 0 Å². The van der Waals surface area contributed by atoms with Crippen molar-refractivity contribution in [2.75, 3.05) is 26.9 Å². The number of nitrogens with zero attached hydrogens (tertiary/aromatic N) is 1. The van der Waals surface area contributed by atoms with Crippen LogP contribution in [0.4, 0.5) is 4.79 Å². The van der Waals surface area contributed by atoms with Crippen molar-refractivity contribution in [3.05, 3.63) is 59.7 Å². The second-order valence-corrected chi connectivity index (χ2v) is 7.16. The topological polar surface area (TPSA) is 96.3 Å². The van der Waals surface area contributed by atoms with Gasteiger partial charge in [0.1, 0.15) is 6.61 Å². The first kappa shape index (κ1) is 20.8. The molecule has 2 aromatic rings. The first-order valence-electron chi connectivity index (χ1n) is 9.46. The third-order valence-corrected chi connectivity index (χ3v) is 5.01. The second-order valence-electron chi connectivity index (χ2n) is 7.16. The molecule has 0 saturated carbocycles. The molecule has 7 heteroatoms. The number of fused-ring (bicyclic) bond motifs is 3. The summed E-state index contributed by atoms with van der Waals surface area (Å²) in [6.45, 7) is 1.40. The van der Waals surface area contributed by atoms with Crippen LogP contribution >= 0.6 is 0 Å². The Kier molecular flexibility index (Phi) is 6.51. The lowest BCUT2D eigenvalue weighted by atomic mass is 9.98. The zero-order valence-corrected chi connectivity index (χ0v) is 16.4. The Balaban J connectivity index is 1.67. The zero-order valence-electron chi connectivity index (χ0n) is 16.4. The number of ether oxygens (including phenoxy) is 2. The smallest absolute Gasteiger partial charge is 0.410 e. The van der Waals surface area contributed by atoms with Crippen LogP contribution in [0.25, 0.3) is 11.1 Å². The molecule has 2 N–H and O–H groups in total. The summed E-state index contributed by atoms with van der Waals surface area (Å²) in [7, 11) is 1.36. The van der Waals surface area contributed by atoms with Crippen molar-refractivity contribution in [1.82, 2.24) is 4.90 Å². The summed E-state index contributed by atoms with van der Waals surface area (Å²) in [5.41, 5.74) is 4.40. The quantitative estimate of drug-likeness (QED) is 0.709. The van der Waals surface area contributed by atoms with Gasteiger partial charge in [-0.1, -0.05) is 48.5 Å². The van der Waals surface area contributed by atoms with Gasteiger partial charge in [-0.2, -0.15) is 0 Å². The number of hydrogen-bond donors (Lipinski definition) is 2. The van der Waals surface area contributed by atoms with E-state index in [0.29, 0.717) is 0 Å². The molecule has 29 heavy (non-hydrogen) atoms. The molecule has 0 bridgehead atoms. The molecule has 0 aliphatic heterocycles. The lowest BCUT2D eigenvalue weighted by Gasteiger charge is -2.25. The van der Waals surface area contributed by atoms with E-state index in [9.17, 15) is 19.8 Å². The molecule has 2 aromatic carbocycles. The molecule has 3 rings (SSSR count). The Morgan fingerprint density at radius 3 is 2.10 bits per heavy atom. The lowest BCUT2D eigenvalue weighted by Crippen LogP contribution is -2.46. The van der Waals surface area contributed by atoms with Gasteiger partial charge in [0.2, 0.25) is 0 Å². The van der Waals surface area contributed by atoms with Gasteiger partial charge in [-0.25, -0.2) is 9.59 Å². The number of carboxylic acids is 1. The Morgan fingerprint density at radius 2 is 1.59 bits per heavy atom. The predicted molar refractivity (Wildman–Crippen MR) is 107 cm³/mol. The summed E-state index contributed by atoms with van der Waals surface area (Å²) < 4.78 is 10.7. The highest BCUT2D eigenvalue weighted by Gasteiger charge is 2.32. The van der Waals surface area contributed by atoms with Crippen molar-refractivity contribution in [3.63, 3.8) is 0 Å². The van der Waals surface area contributed by atoms with Gasteiger partial charge >= 0.3 is 12.1 Å². The van der Waals surface area contributed by atoms with Gasteiger partial charge in [0.05, 0.1) is 19.3 Å². The highest BCUT2D eigenvalue weighted by Crippen LogP contribution is 2.44. The number of carbonyl (C=O) groups excluding carboxylic acids is 1. The molecular formula is C22H25NO6. The first-order chi connectivity index (χ1) is 13.9. The molecule has 0 radical (unpaired) electrons. The number of hydrogen-bond acceptors (Lipinski definition) is 5. The number of benzene rings is 2. The fourth-order valence-electron chi connectivity index (χ4n) is 3.52. The van der Waals surface area contributed by atoms with Gasteiger partial charge in [-0.15, -0.1) is 0 Å². The molecule has 7 nitrogen and oxygen atoms in total. The lowest BCUT2D eigenvalue weighted by molar-refractivity contribution is -0.145. The fourth-order valence-corrected chi connectivity index (χ4v) is 3.52. The first-order valence-corrected chi connectivity index (χ1v) is 9.46. The maximum Gasteiger partial charge on any atom is 0.410 e. The molecule has 0 heterocycles. The Bertz CT molecular complexity index is 836. The number of rotatable bonds is 8. The summed E-state index contributed by atoms with van der Waals surface area (Å²) in [5.74, 6) is -1.30. The van der Waals surface area contributed by atoms with E-state index in [-0.39, 0.29) is 25.7 Å². The van der Waals surface area contributed by atoms with Gasteiger partial charge in [-0.05, 0) is 29.2 Å². The molecule has 0 aromatic heterocycles. The average molecular weight is 399 g/mol. The predicted octanol–water partition coefficient (Wildman–Crippen LogP) is 2.72. The van der Waals surface area contributed by atoms with E-state index in [2.05, 4.69) is 0 Å². The largest absolute Gasteiger partial charge is 0.480 e. The molecule has 1 aliphatic carbocycles. The second kappa shape index (κ2) is 9.07. The average Bonchev–Trinajstić information content (AvgIpc) is 3.02. The van der Waals surface area contributed by atoms with Crippen LogP contribution in [-0.2, 0) is 14.3 Å². The highest BCUT2D eigenvalue weighted by atomic mass is 16.6. The Hall–Kier alpha value is -2.90. The summed E-state index contributed by atoms with van der Waals surface area (Å²) in [6.07, 6.45) is -1.45. The molecule has 0 fully saturated rings. The van der Waals surface area contributed by atoms with Crippen LogP contribution in [0.5, 0.6) is 0 Å². The normalized spacial score (nSPS) is 14.6. The molecule has 0 unspecified atom stereocenters. The van der Waals surface area contributed by atoms with Crippen molar-refractivity contribution in [2.45, 2.75) is 25.0 Å². The van der Waals surface area contributed by atoms with E-state index in [1.807, 2.05) is 48.5 Å². The van der Waals surface area contributed by atoms with E-state index in [1.165, 1.54) is 14.0 Å². The standard InChI is InChI=1S/C22H25NO6/c1-14(24)11-28-13-20(21(25)26)23(2)22(27)29-12-19-17-9-5-3-7-15(17)16-8-4-6-10-18(16)19/h3-10,14,19-20,24H,11-13H2,1-2H3,(H,25,26)/t14-,20-/m0/s1. The van der Waals surface area contributed by atoms with E-state index < -0.39 is 24.2 Å². The molecule has 0 spiro atoms. The SMILES string of the molecule is C[C@H](O)COC[C@@H](C(=O)O)N(C)C(=O)OCC1c2ccccc2-c2ccccc21. The van der Waals surface area contributed by atoms with Crippen LogP contribution in [0.15, 0.2) is 48.5 Å². The molecule has 2 atom stereocenters. The summed E-state index contributed by atoms with van der Waals surface area (Å²) in [4.78, 5) is 25.0. The maximum atomic E-state index is 12.5. The zero-order chi connectivity index (χ0) is 21.0. The maximum absolute atomic E-state index is 12.5. The van der Waals surface area contributed by atoms with Gasteiger partial charge in [0.15, 0.2) is 6.04 Å². The van der Waals surface area contributed by atoms with Crippen molar-refractivity contribution in [2.24, 2.45) is 0 Å². The third kappa shape index (κ3) is 4.58. The minimum Gasteiger partial charge on any atom is -0.480 e. The van der Waals surface area contributed by atoms with Crippen molar-refractivity contribution < 1.29 is 29.3 Å². The van der Waals surface area contributed by atoms with Gasteiger partial charge in [0, 0.05) is 13.0 Å². The molecule has 1 aliphatic rings. The number of amides is 1. The summed E-state index contributed by atoms with van der Waals surface area (Å²) in [6, 6.07) is 14.8. The van der Waals surface area contributed by atoms with Crippen LogP contribution in [0.1, 0.15) is 24.0 Å². The molecule has 1 amide bonds. The number of aliphatic hydroxyl groups excluding tert-OH is 1. The molecule has 0 saturated heterocycles. The van der Waals surface area contributed by atoms with Crippen LogP contribution < -0.4 is 0 Å². The highest BCUT2D eigenvalue weighted by molar-refractivity contribution is 5.81. The minimum atomic E-state index is -1.20. The Labute approximate surface area is 169 Å². The summed E-state index contributed by atoms with van der Waals surface area (Å²) >= 11 is 0. The third-order valence-electron chi connectivity index (χ3n) is 5.01.